The number of aryl methyl sites for hydroxylation is 1. The van der Waals surface area contributed by atoms with Crippen molar-refractivity contribution in [2.45, 2.75) is 39.5 Å². The Hall–Kier alpha value is -3.35. The number of rotatable bonds is 8. The number of hydrogen-bond acceptors (Lipinski definition) is 4. The van der Waals surface area contributed by atoms with Gasteiger partial charge in [-0.2, -0.15) is 5.10 Å². The summed E-state index contributed by atoms with van der Waals surface area (Å²) in [4.78, 5) is 10.8. The van der Waals surface area contributed by atoms with Crippen molar-refractivity contribution < 1.29 is 4.74 Å². The molecule has 2 aromatic heterocycles. The Labute approximate surface area is 184 Å². The molecule has 3 aromatic rings. The fourth-order valence-corrected chi connectivity index (χ4v) is 3.40. The molecular formula is C24H32N6O. The molecule has 0 saturated heterocycles. The second-order valence-corrected chi connectivity index (χ2v) is 7.88. The highest BCUT2D eigenvalue weighted by Crippen LogP contribution is 2.19. The monoisotopic (exact) mass is 420 g/mol. The van der Waals surface area contributed by atoms with E-state index in [9.17, 15) is 0 Å². The van der Waals surface area contributed by atoms with Crippen molar-refractivity contribution in [2.24, 2.45) is 12.0 Å². The van der Waals surface area contributed by atoms with Crippen LogP contribution in [0, 0.1) is 0 Å². The minimum absolute atomic E-state index is 0.387. The van der Waals surface area contributed by atoms with Crippen molar-refractivity contribution in [2.75, 3.05) is 14.1 Å². The topological polar surface area (TPSA) is 67.6 Å². The van der Waals surface area contributed by atoms with E-state index in [1.807, 2.05) is 49.1 Å². The fraction of sp³-hybridized carbons (Fsp3) is 0.375. The molecule has 0 aliphatic carbocycles. The van der Waals surface area contributed by atoms with Gasteiger partial charge in [-0.25, -0.2) is 0 Å². The number of aliphatic imine (C=N–C) groups is 1. The number of guanidine groups is 1. The zero-order valence-corrected chi connectivity index (χ0v) is 19.0. The van der Waals surface area contributed by atoms with Crippen molar-refractivity contribution in [3.8, 4) is 5.75 Å². The number of benzene rings is 1. The van der Waals surface area contributed by atoms with Gasteiger partial charge in [0.2, 0.25) is 0 Å². The molecule has 0 unspecified atom stereocenters. The van der Waals surface area contributed by atoms with Crippen LogP contribution in [0.25, 0.3) is 0 Å². The van der Waals surface area contributed by atoms with Gasteiger partial charge < -0.3 is 15.0 Å². The molecule has 0 amide bonds. The molecule has 1 N–H and O–H groups in total. The highest BCUT2D eigenvalue weighted by atomic mass is 16.5. The van der Waals surface area contributed by atoms with E-state index >= 15 is 0 Å². The highest BCUT2D eigenvalue weighted by Gasteiger charge is 2.15. The maximum atomic E-state index is 5.81. The maximum absolute atomic E-state index is 5.81. The van der Waals surface area contributed by atoms with Crippen LogP contribution in [-0.4, -0.2) is 39.7 Å². The molecule has 0 bridgehead atoms. The van der Waals surface area contributed by atoms with Crippen molar-refractivity contribution in [3.05, 3.63) is 77.4 Å². The van der Waals surface area contributed by atoms with Crippen LogP contribution in [0.2, 0.25) is 0 Å². The molecule has 0 aliphatic rings. The number of nitrogens with one attached hydrogen (secondary N) is 1. The summed E-state index contributed by atoms with van der Waals surface area (Å²) in [6.45, 7) is 6.23. The summed E-state index contributed by atoms with van der Waals surface area (Å²) in [5, 5.41) is 8.03. The molecule has 0 spiro atoms. The second kappa shape index (κ2) is 10.6. The summed E-state index contributed by atoms with van der Waals surface area (Å²) in [6.07, 6.45) is 3.86. The number of aromatic nitrogens is 3. The summed E-state index contributed by atoms with van der Waals surface area (Å²) >= 11 is 0. The van der Waals surface area contributed by atoms with Gasteiger partial charge in [0.05, 0.1) is 11.4 Å². The molecule has 0 radical (unpaired) electrons. The predicted molar refractivity (Wildman–Crippen MR) is 124 cm³/mol. The van der Waals surface area contributed by atoms with E-state index in [-0.39, 0.29) is 0 Å². The Morgan fingerprint density at radius 1 is 1.19 bits per heavy atom. The minimum atomic E-state index is 0.387. The molecule has 3 rings (SSSR count). The van der Waals surface area contributed by atoms with Gasteiger partial charge in [0.15, 0.2) is 5.96 Å². The molecule has 0 aliphatic heterocycles. The third-order valence-electron chi connectivity index (χ3n) is 4.95. The van der Waals surface area contributed by atoms with Crippen LogP contribution in [0.3, 0.4) is 0 Å². The van der Waals surface area contributed by atoms with Gasteiger partial charge in [-0.3, -0.25) is 14.7 Å². The van der Waals surface area contributed by atoms with E-state index in [1.165, 1.54) is 5.56 Å². The summed E-state index contributed by atoms with van der Waals surface area (Å²) in [7, 11) is 5.81. The van der Waals surface area contributed by atoms with Crippen LogP contribution in [0.15, 0.2) is 59.9 Å². The van der Waals surface area contributed by atoms with Gasteiger partial charge >= 0.3 is 0 Å². The first-order chi connectivity index (χ1) is 15.0. The lowest BCUT2D eigenvalue weighted by Crippen LogP contribution is -2.38. The normalized spacial score (nSPS) is 11.6. The average molecular weight is 421 g/mol. The standard InChI is InChI=1S/C24H32N6O/c1-18(2)23-20(16-30(5)28-23)15-29(4)24(25-3)27-14-19-9-11-22(12-10-19)31-17-21-8-6-7-13-26-21/h6-13,16,18H,14-15,17H2,1-5H3,(H,25,27). The van der Waals surface area contributed by atoms with Crippen molar-refractivity contribution in [1.82, 2.24) is 25.0 Å². The van der Waals surface area contributed by atoms with Crippen LogP contribution in [-0.2, 0) is 26.7 Å². The number of ether oxygens (including phenoxy) is 1. The third-order valence-corrected chi connectivity index (χ3v) is 4.95. The fourth-order valence-electron chi connectivity index (χ4n) is 3.40. The number of hydrogen-bond donors (Lipinski definition) is 1. The van der Waals surface area contributed by atoms with E-state index in [0.717, 1.165) is 35.2 Å². The molecular weight excluding hydrogens is 388 g/mol. The largest absolute Gasteiger partial charge is 0.487 e. The van der Waals surface area contributed by atoms with Gasteiger partial charge in [0, 0.05) is 52.2 Å². The SMILES string of the molecule is CN=C(NCc1ccc(OCc2ccccn2)cc1)N(C)Cc1cn(C)nc1C(C)C. The van der Waals surface area contributed by atoms with Crippen LogP contribution in [0.5, 0.6) is 5.75 Å². The predicted octanol–water partition coefficient (Wildman–Crippen LogP) is 3.72. The number of nitrogens with zero attached hydrogens (tertiary/aromatic N) is 5. The van der Waals surface area contributed by atoms with E-state index in [0.29, 0.717) is 19.1 Å². The summed E-state index contributed by atoms with van der Waals surface area (Å²) < 4.78 is 7.69. The molecule has 0 atom stereocenters. The Morgan fingerprint density at radius 3 is 2.61 bits per heavy atom. The molecule has 7 heteroatoms. The third kappa shape index (κ3) is 6.31. The van der Waals surface area contributed by atoms with Crippen molar-refractivity contribution in [3.63, 3.8) is 0 Å². The minimum Gasteiger partial charge on any atom is -0.487 e. The molecule has 1 aromatic carbocycles. The van der Waals surface area contributed by atoms with Crippen LogP contribution >= 0.6 is 0 Å². The Morgan fingerprint density at radius 2 is 1.97 bits per heavy atom. The highest BCUT2D eigenvalue weighted by molar-refractivity contribution is 5.79. The summed E-state index contributed by atoms with van der Waals surface area (Å²) in [5.41, 5.74) is 4.42. The van der Waals surface area contributed by atoms with Crippen molar-refractivity contribution in [1.29, 1.82) is 0 Å². The summed E-state index contributed by atoms with van der Waals surface area (Å²) in [6, 6.07) is 13.9. The molecule has 31 heavy (non-hydrogen) atoms. The first-order valence-corrected chi connectivity index (χ1v) is 10.5. The van der Waals surface area contributed by atoms with Gasteiger partial charge in [0.1, 0.15) is 12.4 Å². The van der Waals surface area contributed by atoms with Gasteiger partial charge in [-0.15, -0.1) is 0 Å². The van der Waals surface area contributed by atoms with E-state index < -0.39 is 0 Å². The van der Waals surface area contributed by atoms with Gasteiger partial charge in [-0.05, 0) is 35.7 Å². The zero-order valence-electron chi connectivity index (χ0n) is 19.0. The lowest BCUT2D eigenvalue weighted by molar-refractivity contribution is 0.301. The average Bonchev–Trinajstić information content (AvgIpc) is 3.14. The Bertz CT molecular complexity index is 979. The first kappa shape index (κ1) is 22.3. The van der Waals surface area contributed by atoms with E-state index in [2.05, 4.69) is 57.5 Å². The lowest BCUT2D eigenvalue weighted by Gasteiger charge is -2.22. The van der Waals surface area contributed by atoms with Gasteiger partial charge in [-0.1, -0.05) is 32.0 Å². The first-order valence-electron chi connectivity index (χ1n) is 10.5. The van der Waals surface area contributed by atoms with Gasteiger partial charge in [0.25, 0.3) is 0 Å². The smallest absolute Gasteiger partial charge is 0.193 e. The molecule has 2 heterocycles. The quantitative estimate of drug-likeness (QED) is 0.444. The zero-order chi connectivity index (χ0) is 22.2. The van der Waals surface area contributed by atoms with Crippen LogP contribution < -0.4 is 10.1 Å². The number of pyridine rings is 1. The maximum Gasteiger partial charge on any atom is 0.193 e. The van der Waals surface area contributed by atoms with Crippen LogP contribution in [0.4, 0.5) is 0 Å². The molecule has 164 valence electrons. The van der Waals surface area contributed by atoms with Crippen molar-refractivity contribution >= 4 is 5.96 Å². The second-order valence-electron chi connectivity index (χ2n) is 7.88. The Balaban J connectivity index is 1.53. The molecule has 0 saturated carbocycles. The summed E-state index contributed by atoms with van der Waals surface area (Å²) in [5.74, 6) is 2.06. The van der Waals surface area contributed by atoms with Crippen LogP contribution in [0.1, 0.15) is 42.3 Å². The lowest BCUT2D eigenvalue weighted by atomic mass is 10.1. The van der Waals surface area contributed by atoms with E-state index in [4.69, 9.17) is 4.74 Å². The Kier molecular flexibility index (Phi) is 7.65. The molecule has 7 nitrogen and oxygen atoms in total. The molecule has 0 fully saturated rings. The van der Waals surface area contributed by atoms with E-state index in [1.54, 1.807) is 13.2 Å².